The number of alkyl halides is 2. The number of amides is 1. The molecule has 0 bridgehead atoms. The number of carbonyl (C=O) groups excluding carboxylic acids is 1. The van der Waals surface area contributed by atoms with Crippen LogP contribution in [0.1, 0.15) is 20.8 Å². The van der Waals surface area contributed by atoms with Gasteiger partial charge in [0.05, 0.1) is 5.54 Å². The predicted octanol–water partition coefficient (Wildman–Crippen LogP) is 0.527. The highest BCUT2D eigenvalue weighted by Crippen LogP contribution is 2.13. The van der Waals surface area contributed by atoms with Gasteiger partial charge in [-0.1, -0.05) is 0 Å². The fraction of sp³-hybridized carbons (Fsp3) is 0.857. The molecule has 0 aromatic heterocycles. The van der Waals surface area contributed by atoms with Gasteiger partial charge in [0.15, 0.2) is 0 Å². The first kappa shape index (κ1) is 11.3. The highest BCUT2D eigenvalue weighted by molar-refractivity contribution is 5.80. The molecule has 0 saturated heterocycles. The van der Waals surface area contributed by atoms with Crippen LogP contribution in [-0.2, 0) is 4.79 Å². The van der Waals surface area contributed by atoms with E-state index in [1.54, 1.807) is 0 Å². The quantitative estimate of drug-likeness (QED) is 0.667. The summed E-state index contributed by atoms with van der Waals surface area (Å²) in [5.74, 6) is -0.791. The molecule has 1 atom stereocenters. The molecule has 0 aliphatic heterocycles. The molecule has 0 unspecified atom stereocenters. The van der Waals surface area contributed by atoms with E-state index >= 15 is 0 Å². The summed E-state index contributed by atoms with van der Waals surface area (Å²) in [6, 6.07) is 0. The first-order chi connectivity index (χ1) is 5.27. The molecule has 0 saturated carbocycles. The van der Waals surface area contributed by atoms with Crippen molar-refractivity contribution in [1.29, 1.82) is 0 Å². The molecule has 1 amide bonds. The summed E-state index contributed by atoms with van der Waals surface area (Å²) >= 11 is 0. The molecule has 0 heterocycles. The normalized spacial score (nSPS) is 14.6. The van der Waals surface area contributed by atoms with Crippen LogP contribution in [0, 0.1) is 0 Å². The van der Waals surface area contributed by atoms with Gasteiger partial charge >= 0.3 is 0 Å². The Labute approximate surface area is 69.8 Å². The molecular formula is C7H13F2NO2. The lowest BCUT2D eigenvalue weighted by atomic mass is 10.1. The lowest BCUT2D eigenvalue weighted by molar-refractivity contribution is -0.132. The Balaban J connectivity index is 4.15. The van der Waals surface area contributed by atoms with Gasteiger partial charge in [0.25, 0.3) is 6.43 Å². The molecule has 0 aliphatic rings. The standard InChI is InChI=1S/C7H13F2NO2/c1-4(11)5(12)10-7(2,3)6(8)9/h4,6,11H,1-3H3,(H,10,12)/t4-/m0/s1. The second-order valence-electron chi connectivity index (χ2n) is 3.19. The van der Waals surface area contributed by atoms with Crippen LogP contribution in [0.4, 0.5) is 8.78 Å². The van der Waals surface area contributed by atoms with Crippen molar-refractivity contribution in [2.24, 2.45) is 0 Å². The number of aliphatic hydroxyl groups is 1. The molecule has 0 aliphatic carbocycles. The maximum absolute atomic E-state index is 12.1. The van der Waals surface area contributed by atoms with E-state index in [1.165, 1.54) is 20.8 Å². The van der Waals surface area contributed by atoms with Crippen molar-refractivity contribution < 1.29 is 18.7 Å². The fourth-order valence-corrected chi connectivity index (χ4v) is 0.477. The number of nitrogens with one attached hydrogen (secondary N) is 1. The molecule has 2 N–H and O–H groups in total. The second kappa shape index (κ2) is 3.80. The van der Waals surface area contributed by atoms with Gasteiger partial charge in [0, 0.05) is 0 Å². The summed E-state index contributed by atoms with van der Waals surface area (Å²) in [4.78, 5) is 10.8. The topological polar surface area (TPSA) is 49.3 Å². The van der Waals surface area contributed by atoms with Crippen LogP contribution in [0.25, 0.3) is 0 Å². The summed E-state index contributed by atoms with van der Waals surface area (Å²) in [5.41, 5.74) is -1.59. The van der Waals surface area contributed by atoms with Crippen molar-refractivity contribution >= 4 is 5.91 Å². The van der Waals surface area contributed by atoms with Gasteiger partial charge in [-0.05, 0) is 20.8 Å². The molecule has 0 rings (SSSR count). The van der Waals surface area contributed by atoms with Crippen molar-refractivity contribution in [3.05, 3.63) is 0 Å². The molecule has 12 heavy (non-hydrogen) atoms. The maximum Gasteiger partial charge on any atom is 0.260 e. The molecule has 72 valence electrons. The van der Waals surface area contributed by atoms with Gasteiger partial charge < -0.3 is 10.4 Å². The van der Waals surface area contributed by atoms with E-state index in [1.807, 2.05) is 5.32 Å². The zero-order chi connectivity index (χ0) is 9.94. The third-order valence-electron chi connectivity index (χ3n) is 1.37. The number of aliphatic hydroxyl groups excluding tert-OH is 1. The molecule has 0 aromatic carbocycles. The smallest absolute Gasteiger partial charge is 0.260 e. The second-order valence-corrected chi connectivity index (χ2v) is 3.19. The van der Waals surface area contributed by atoms with Crippen molar-refractivity contribution in [1.82, 2.24) is 5.32 Å². The Morgan fingerprint density at radius 1 is 1.50 bits per heavy atom. The lowest BCUT2D eigenvalue weighted by Gasteiger charge is -2.25. The van der Waals surface area contributed by atoms with Crippen LogP contribution >= 0.6 is 0 Å². The number of hydrogen-bond donors (Lipinski definition) is 2. The Bertz CT molecular complexity index is 169. The summed E-state index contributed by atoms with van der Waals surface area (Å²) in [5, 5.41) is 10.7. The number of halogens is 2. The summed E-state index contributed by atoms with van der Waals surface area (Å²) < 4.78 is 24.3. The van der Waals surface area contributed by atoms with Gasteiger partial charge in [-0.3, -0.25) is 4.79 Å². The predicted molar refractivity (Wildman–Crippen MR) is 39.9 cm³/mol. The van der Waals surface area contributed by atoms with E-state index in [9.17, 15) is 13.6 Å². The number of rotatable bonds is 3. The molecule has 5 heteroatoms. The number of hydrogen-bond acceptors (Lipinski definition) is 2. The number of carbonyl (C=O) groups is 1. The SMILES string of the molecule is C[C@H](O)C(=O)NC(C)(C)C(F)F. The van der Waals surface area contributed by atoms with Crippen LogP contribution in [0.15, 0.2) is 0 Å². The zero-order valence-electron chi connectivity index (χ0n) is 7.27. The third kappa shape index (κ3) is 3.13. The first-order valence-electron chi connectivity index (χ1n) is 3.55. The first-order valence-corrected chi connectivity index (χ1v) is 3.55. The summed E-state index contributed by atoms with van der Waals surface area (Å²) in [6.07, 6.45) is -3.91. The van der Waals surface area contributed by atoms with Gasteiger partial charge in [0.1, 0.15) is 6.10 Å². The molecule has 0 spiro atoms. The average molecular weight is 181 g/mol. The molecule has 0 fully saturated rings. The van der Waals surface area contributed by atoms with Crippen LogP contribution in [0.3, 0.4) is 0 Å². The highest BCUT2D eigenvalue weighted by Gasteiger charge is 2.31. The Morgan fingerprint density at radius 3 is 2.17 bits per heavy atom. The van der Waals surface area contributed by atoms with Crippen LogP contribution in [-0.4, -0.2) is 29.1 Å². The monoisotopic (exact) mass is 181 g/mol. The minimum absolute atomic E-state index is 0.791. The summed E-state index contributed by atoms with van der Waals surface area (Å²) in [6.45, 7) is 3.60. The van der Waals surface area contributed by atoms with Gasteiger partial charge in [-0.15, -0.1) is 0 Å². The highest BCUT2D eigenvalue weighted by atomic mass is 19.3. The Hall–Kier alpha value is -0.710. The van der Waals surface area contributed by atoms with Crippen molar-refractivity contribution in [2.75, 3.05) is 0 Å². The van der Waals surface area contributed by atoms with Crippen LogP contribution in [0.5, 0.6) is 0 Å². The van der Waals surface area contributed by atoms with E-state index in [2.05, 4.69) is 0 Å². The third-order valence-corrected chi connectivity index (χ3v) is 1.37. The minimum Gasteiger partial charge on any atom is -0.384 e. The Kier molecular flexibility index (Phi) is 3.57. The summed E-state index contributed by atoms with van der Waals surface area (Å²) in [7, 11) is 0. The molecule has 3 nitrogen and oxygen atoms in total. The molecule has 0 radical (unpaired) electrons. The minimum atomic E-state index is -2.65. The van der Waals surface area contributed by atoms with Crippen molar-refractivity contribution in [3.8, 4) is 0 Å². The van der Waals surface area contributed by atoms with Gasteiger partial charge in [-0.2, -0.15) is 0 Å². The van der Waals surface area contributed by atoms with Gasteiger partial charge in [0.2, 0.25) is 5.91 Å². The van der Waals surface area contributed by atoms with Crippen LogP contribution in [0.2, 0.25) is 0 Å². The van der Waals surface area contributed by atoms with E-state index in [-0.39, 0.29) is 0 Å². The van der Waals surface area contributed by atoms with E-state index in [4.69, 9.17) is 5.11 Å². The zero-order valence-corrected chi connectivity index (χ0v) is 7.27. The van der Waals surface area contributed by atoms with E-state index in [0.29, 0.717) is 0 Å². The Morgan fingerprint density at radius 2 is 1.92 bits per heavy atom. The molecular weight excluding hydrogens is 168 g/mol. The lowest BCUT2D eigenvalue weighted by Crippen LogP contribution is -2.51. The van der Waals surface area contributed by atoms with Crippen LogP contribution < -0.4 is 5.32 Å². The largest absolute Gasteiger partial charge is 0.384 e. The van der Waals surface area contributed by atoms with E-state index < -0.39 is 24.0 Å². The van der Waals surface area contributed by atoms with Gasteiger partial charge in [-0.25, -0.2) is 8.78 Å². The van der Waals surface area contributed by atoms with Crippen molar-refractivity contribution in [2.45, 2.75) is 38.8 Å². The fourth-order valence-electron chi connectivity index (χ4n) is 0.477. The average Bonchev–Trinajstić information content (AvgIpc) is 1.85. The van der Waals surface area contributed by atoms with Crippen molar-refractivity contribution in [3.63, 3.8) is 0 Å². The van der Waals surface area contributed by atoms with E-state index in [0.717, 1.165) is 0 Å². The molecule has 0 aromatic rings. The maximum atomic E-state index is 12.1.